The highest BCUT2D eigenvalue weighted by Gasteiger charge is 2.45. The molecule has 0 amide bonds. The van der Waals surface area contributed by atoms with Crippen molar-refractivity contribution in [3.05, 3.63) is 34.1 Å². The monoisotopic (exact) mass is 302 g/mol. The Bertz CT molecular complexity index is 641. The van der Waals surface area contributed by atoms with Crippen LogP contribution in [-0.4, -0.2) is 31.9 Å². The maximum atomic E-state index is 13.7. The quantitative estimate of drug-likeness (QED) is 0.641. The van der Waals surface area contributed by atoms with E-state index < -0.39 is 20.6 Å². The lowest BCUT2D eigenvalue weighted by Crippen LogP contribution is -2.24. The van der Waals surface area contributed by atoms with E-state index in [1.807, 2.05) is 0 Å². The number of nitro benzene ring substituents is 1. The van der Waals surface area contributed by atoms with Crippen LogP contribution in [0.5, 0.6) is 0 Å². The van der Waals surface area contributed by atoms with E-state index in [-0.39, 0.29) is 22.5 Å². The van der Waals surface area contributed by atoms with Crippen molar-refractivity contribution >= 4 is 21.2 Å². The average molecular weight is 302 g/mol. The van der Waals surface area contributed by atoms with Gasteiger partial charge in [0.1, 0.15) is 9.84 Å². The molecule has 0 heterocycles. The van der Waals surface area contributed by atoms with E-state index in [4.69, 9.17) is 0 Å². The Morgan fingerprint density at radius 2 is 2.10 bits per heavy atom. The highest BCUT2D eigenvalue weighted by atomic mass is 32.2. The van der Waals surface area contributed by atoms with Gasteiger partial charge in [-0.15, -0.1) is 0 Å². The maximum absolute atomic E-state index is 13.7. The molecule has 0 radical (unpaired) electrons. The van der Waals surface area contributed by atoms with Gasteiger partial charge in [-0.1, -0.05) is 0 Å². The number of benzene rings is 1. The Labute approximate surface area is 116 Å². The lowest BCUT2D eigenvalue weighted by atomic mass is 10.1. The van der Waals surface area contributed by atoms with Gasteiger partial charge in [0.15, 0.2) is 5.82 Å². The van der Waals surface area contributed by atoms with E-state index >= 15 is 0 Å². The molecule has 1 saturated carbocycles. The van der Waals surface area contributed by atoms with Crippen molar-refractivity contribution in [2.24, 2.45) is 5.41 Å². The molecule has 1 aromatic carbocycles. The number of nitrogens with one attached hydrogen (secondary N) is 1. The van der Waals surface area contributed by atoms with Crippen molar-refractivity contribution < 1.29 is 17.7 Å². The van der Waals surface area contributed by atoms with Crippen LogP contribution in [0.25, 0.3) is 0 Å². The van der Waals surface area contributed by atoms with Crippen molar-refractivity contribution in [1.82, 2.24) is 0 Å². The van der Waals surface area contributed by atoms with Gasteiger partial charge < -0.3 is 5.32 Å². The van der Waals surface area contributed by atoms with Gasteiger partial charge >= 0.3 is 0 Å². The third-order valence-corrected chi connectivity index (χ3v) is 4.48. The minimum atomic E-state index is -3.07. The normalized spacial score (nSPS) is 16.7. The average Bonchev–Trinajstić information content (AvgIpc) is 3.05. The first-order valence-corrected chi connectivity index (χ1v) is 8.12. The molecule has 0 aromatic heterocycles. The van der Waals surface area contributed by atoms with E-state index in [1.54, 1.807) is 0 Å². The summed E-state index contributed by atoms with van der Waals surface area (Å²) in [6.45, 7) is 0.342. The highest BCUT2D eigenvalue weighted by Crippen LogP contribution is 2.46. The van der Waals surface area contributed by atoms with Gasteiger partial charge in [-0.25, -0.2) is 12.8 Å². The van der Waals surface area contributed by atoms with Gasteiger partial charge in [-0.2, -0.15) is 0 Å². The SMILES string of the molecule is CS(=O)(=O)CC1(CNc2ccc([N+](=O)[O-])cc2F)CC1. The molecule has 20 heavy (non-hydrogen) atoms. The van der Waals surface area contributed by atoms with Gasteiger partial charge in [0.2, 0.25) is 0 Å². The molecule has 1 fully saturated rings. The molecule has 0 bridgehead atoms. The molecule has 0 saturated heterocycles. The third kappa shape index (κ3) is 3.66. The Morgan fingerprint density at radius 3 is 2.55 bits per heavy atom. The Hall–Kier alpha value is -1.70. The first-order valence-electron chi connectivity index (χ1n) is 6.06. The zero-order valence-corrected chi connectivity index (χ0v) is 11.7. The summed E-state index contributed by atoms with van der Waals surface area (Å²) in [5.74, 6) is -0.643. The summed E-state index contributed by atoms with van der Waals surface area (Å²) in [6, 6.07) is 3.35. The first kappa shape index (κ1) is 14.7. The van der Waals surface area contributed by atoms with E-state index in [0.29, 0.717) is 6.54 Å². The van der Waals surface area contributed by atoms with Gasteiger partial charge in [-0.3, -0.25) is 10.1 Å². The summed E-state index contributed by atoms with van der Waals surface area (Å²) in [5.41, 5.74) is -0.498. The zero-order valence-electron chi connectivity index (χ0n) is 10.9. The van der Waals surface area contributed by atoms with Crippen LogP contribution in [0.3, 0.4) is 0 Å². The number of sulfone groups is 1. The van der Waals surface area contributed by atoms with E-state index in [0.717, 1.165) is 18.9 Å². The molecule has 0 unspecified atom stereocenters. The molecule has 1 aliphatic carbocycles. The summed E-state index contributed by atoms with van der Waals surface area (Å²) >= 11 is 0. The van der Waals surface area contributed by atoms with E-state index in [2.05, 4.69) is 5.32 Å². The standard InChI is InChI=1S/C12H15FN2O4S/c1-20(18,19)8-12(4-5-12)7-14-11-3-2-9(15(16)17)6-10(11)13/h2-3,6,14H,4-5,7-8H2,1H3. The second kappa shape index (κ2) is 5.01. The number of hydrogen-bond donors (Lipinski definition) is 1. The van der Waals surface area contributed by atoms with Gasteiger partial charge in [-0.05, 0) is 18.9 Å². The van der Waals surface area contributed by atoms with Crippen molar-refractivity contribution in [3.8, 4) is 0 Å². The first-order chi connectivity index (χ1) is 9.21. The summed E-state index contributed by atoms with van der Waals surface area (Å²) in [5, 5.41) is 13.3. The fourth-order valence-electron chi connectivity index (χ4n) is 2.15. The fourth-order valence-corrected chi connectivity index (χ4v) is 3.65. The topological polar surface area (TPSA) is 89.3 Å². The van der Waals surface area contributed by atoms with Crippen molar-refractivity contribution in [2.45, 2.75) is 12.8 Å². The van der Waals surface area contributed by atoms with Crippen LogP contribution in [0.1, 0.15) is 12.8 Å². The molecule has 1 N–H and O–H groups in total. The molecule has 0 atom stereocenters. The molecule has 1 aromatic rings. The van der Waals surface area contributed by atoms with Crippen LogP contribution < -0.4 is 5.32 Å². The molecule has 1 aliphatic rings. The van der Waals surface area contributed by atoms with Crippen LogP contribution in [0.2, 0.25) is 0 Å². The number of nitrogens with zero attached hydrogens (tertiary/aromatic N) is 1. The van der Waals surface area contributed by atoms with Crippen LogP contribution in [0.15, 0.2) is 18.2 Å². The van der Waals surface area contributed by atoms with Gasteiger partial charge in [0.25, 0.3) is 5.69 Å². The maximum Gasteiger partial charge on any atom is 0.272 e. The van der Waals surface area contributed by atoms with E-state index in [9.17, 15) is 22.9 Å². The van der Waals surface area contributed by atoms with Crippen LogP contribution in [0.4, 0.5) is 15.8 Å². The van der Waals surface area contributed by atoms with Crippen molar-refractivity contribution in [3.63, 3.8) is 0 Å². The largest absolute Gasteiger partial charge is 0.382 e. The van der Waals surface area contributed by atoms with Crippen molar-refractivity contribution in [1.29, 1.82) is 0 Å². The van der Waals surface area contributed by atoms with Gasteiger partial charge in [0.05, 0.1) is 22.4 Å². The lowest BCUT2D eigenvalue weighted by molar-refractivity contribution is -0.385. The molecule has 8 heteroatoms. The second-order valence-electron chi connectivity index (χ2n) is 5.34. The number of rotatable bonds is 6. The van der Waals surface area contributed by atoms with Gasteiger partial charge in [0, 0.05) is 24.3 Å². The van der Waals surface area contributed by atoms with Crippen LogP contribution in [0, 0.1) is 21.3 Å². The predicted octanol–water partition coefficient (Wildman–Crippen LogP) is 1.97. The second-order valence-corrected chi connectivity index (χ2v) is 7.49. The molecule has 6 nitrogen and oxygen atoms in total. The summed E-state index contributed by atoms with van der Waals surface area (Å²) in [4.78, 5) is 9.83. The third-order valence-electron chi connectivity index (χ3n) is 3.34. The molecule has 110 valence electrons. The Balaban J connectivity index is 2.03. The zero-order chi connectivity index (χ0) is 15.0. The number of hydrogen-bond acceptors (Lipinski definition) is 5. The molecule has 0 aliphatic heterocycles. The van der Waals surface area contributed by atoms with Crippen LogP contribution >= 0.6 is 0 Å². The Kier molecular flexibility index (Phi) is 3.68. The summed E-state index contributed by atoms with van der Waals surface area (Å²) in [6.07, 6.45) is 2.74. The minimum absolute atomic E-state index is 0.0710. The Morgan fingerprint density at radius 1 is 1.45 bits per heavy atom. The smallest absolute Gasteiger partial charge is 0.272 e. The number of halogens is 1. The molecule has 0 spiro atoms. The summed E-state index contributed by atoms with van der Waals surface area (Å²) < 4.78 is 36.3. The van der Waals surface area contributed by atoms with Crippen molar-refractivity contribution in [2.75, 3.05) is 23.9 Å². The predicted molar refractivity (Wildman–Crippen MR) is 72.9 cm³/mol. The van der Waals surface area contributed by atoms with E-state index in [1.165, 1.54) is 18.4 Å². The van der Waals surface area contributed by atoms with Crippen LogP contribution in [-0.2, 0) is 9.84 Å². The number of anilines is 1. The number of non-ortho nitro benzene ring substituents is 1. The summed E-state index contributed by atoms with van der Waals surface area (Å²) in [7, 11) is -3.07. The molecular weight excluding hydrogens is 287 g/mol. The minimum Gasteiger partial charge on any atom is -0.382 e. The number of nitro groups is 1. The lowest BCUT2D eigenvalue weighted by Gasteiger charge is -2.16. The molecular formula is C12H15FN2O4S. The highest BCUT2D eigenvalue weighted by molar-refractivity contribution is 7.90. The molecule has 2 rings (SSSR count). The fraction of sp³-hybridized carbons (Fsp3) is 0.500.